The lowest BCUT2D eigenvalue weighted by atomic mass is 10.2. The first-order valence-corrected chi connectivity index (χ1v) is 8.72. The molecule has 1 aromatic heterocycles. The minimum atomic E-state index is -0.759. The molecule has 1 atom stereocenters. The molecule has 0 amide bonds. The van der Waals surface area contributed by atoms with Gasteiger partial charge in [-0.3, -0.25) is 4.21 Å². The number of anilines is 1. The molecule has 0 aliphatic carbocycles. The van der Waals surface area contributed by atoms with E-state index < -0.39 is 10.8 Å². The highest BCUT2D eigenvalue weighted by atomic mass is 32.2. The maximum absolute atomic E-state index is 12.0. The molecule has 0 N–H and O–H groups in total. The van der Waals surface area contributed by atoms with Gasteiger partial charge in [0.2, 0.25) is 5.13 Å². The molecular formula is C14H17N3OS2. The van der Waals surface area contributed by atoms with E-state index in [0.29, 0.717) is 5.75 Å². The van der Waals surface area contributed by atoms with Crippen molar-refractivity contribution < 1.29 is 4.21 Å². The molecule has 20 heavy (non-hydrogen) atoms. The van der Waals surface area contributed by atoms with Crippen LogP contribution in [0.1, 0.15) is 13.8 Å². The summed E-state index contributed by atoms with van der Waals surface area (Å²) in [5, 5.41) is 10.4. The summed E-state index contributed by atoms with van der Waals surface area (Å²) in [5.41, 5.74) is 1.09. The molecule has 1 aliphatic rings. The first kappa shape index (κ1) is 13.7. The van der Waals surface area contributed by atoms with E-state index in [1.807, 2.05) is 30.3 Å². The molecule has 0 unspecified atom stereocenters. The molecule has 1 fully saturated rings. The Morgan fingerprint density at radius 1 is 1.25 bits per heavy atom. The van der Waals surface area contributed by atoms with Gasteiger partial charge >= 0.3 is 0 Å². The fourth-order valence-corrected chi connectivity index (χ4v) is 4.40. The maximum atomic E-state index is 12.0. The molecule has 4 nitrogen and oxygen atoms in total. The summed E-state index contributed by atoms with van der Waals surface area (Å²) < 4.78 is 11.8. The van der Waals surface area contributed by atoms with Crippen molar-refractivity contribution in [1.29, 1.82) is 0 Å². The third-order valence-corrected chi connectivity index (χ3v) is 6.39. The maximum Gasteiger partial charge on any atom is 0.208 e. The smallest absolute Gasteiger partial charge is 0.208 e. The van der Waals surface area contributed by atoms with E-state index in [-0.39, 0.29) is 4.75 Å². The summed E-state index contributed by atoms with van der Waals surface area (Å²) in [4.78, 5) is 2.20. The Hall–Kier alpha value is -1.27. The van der Waals surface area contributed by atoms with E-state index in [2.05, 4.69) is 28.9 Å². The Balaban J connectivity index is 1.83. The van der Waals surface area contributed by atoms with Crippen LogP contribution in [-0.2, 0) is 10.8 Å². The van der Waals surface area contributed by atoms with Crippen LogP contribution in [0, 0.1) is 0 Å². The number of benzene rings is 1. The van der Waals surface area contributed by atoms with Gasteiger partial charge in [-0.2, -0.15) is 0 Å². The van der Waals surface area contributed by atoms with Crippen LogP contribution in [0.4, 0.5) is 5.13 Å². The average molecular weight is 307 g/mol. The van der Waals surface area contributed by atoms with Gasteiger partial charge in [-0.1, -0.05) is 41.7 Å². The lowest BCUT2D eigenvalue weighted by molar-refractivity contribution is 0.588. The average Bonchev–Trinajstić information content (AvgIpc) is 2.92. The van der Waals surface area contributed by atoms with E-state index in [4.69, 9.17) is 0 Å². The number of hydrogen-bond donors (Lipinski definition) is 0. The molecule has 0 spiro atoms. The predicted molar refractivity (Wildman–Crippen MR) is 84.6 cm³/mol. The SMILES string of the molecule is CC1(C)CN(c2nnc(-c3ccccc3)s2)CC[S@@]1=O. The molecule has 0 saturated carbocycles. The Kier molecular flexibility index (Phi) is 3.60. The van der Waals surface area contributed by atoms with Gasteiger partial charge in [0.25, 0.3) is 0 Å². The van der Waals surface area contributed by atoms with E-state index >= 15 is 0 Å². The third kappa shape index (κ3) is 2.62. The molecular weight excluding hydrogens is 290 g/mol. The molecule has 1 saturated heterocycles. The van der Waals surface area contributed by atoms with Crippen molar-refractivity contribution in [2.45, 2.75) is 18.6 Å². The van der Waals surface area contributed by atoms with Gasteiger partial charge in [-0.25, -0.2) is 0 Å². The fraction of sp³-hybridized carbons (Fsp3) is 0.429. The number of nitrogens with zero attached hydrogens (tertiary/aromatic N) is 3. The van der Waals surface area contributed by atoms with Crippen LogP contribution in [0.5, 0.6) is 0 Å². The molecule has 0 radical (unpaired) electrons. The quantitative estimate of drug-likeness (QED) is 0.855. The molecule has 1 aliphatic heterocycles. The second-order valence-electron chi connectivity index (χ2n) is 5.49. The first-order chi connectivity index (χ1) is 9.56. The van der Waals surface area contributed by atoms with Crippen molar-refractivity contribution in [3.8, 4) is 10.6 Å². The van der Waals surface area contributed by atoms with E-state index in [0.717, 1.165) is 28.8 Å². The molecule has 2 heterocycles. The number of rotatable bonds is 2. The van der Waals surface area contributed by atoms with Crippen molar-refractivity contribution in [2.75, 3.05) is 23.7 Å². The lowest BCUT2D eigenvalue weighted by Crippen LogP contribution is -2.50. The van der Waals surface area contributed by atoms with Crippen LogP contribution >= 0.6 is 11.3 Å². The topological polar surface area (TPSA) is 46.1 Å². The lowest BCUT2D eigenvalue weighted by Gasteiger charge is -2.36. The zero-order valence-corrected chi connectivity index (χ0v) is 13.2. The van der Waals surface area contributed by atoms with Crippen LogP contribution in [0.25, 0.3) is 10.6 Å². The van der Waals surface area contributed by atoms with Crippen LogP contribution < -0.4 is 4.90 Å². The van der Waals surface area contributed by atoms with Gasteiger partial charge in [-0.05, 0) is 13.8 Å². The molecule has 1 aromatic carbocycles. The van der Waals surface area contributed by atoms with Crippen molar-refractivity contribution in [1.82, 2.24) is 10.2 Å². The number of aromatic nitrogens is 2. The molecule has 106 valence electrons. The highest BCUT2D eigenvalue weighted by Gasteiger charge is 2.34. The Labute approximate surface area is 125 Å². The summed E-state index contributed by atoms with van der Waals surface area (Å²) in [6.45, 7) is 5.66. The van der Waals surface area contributed by atoms with Crippen molar-refractivity contribution in [3.63, 3.8) is 0 Å². The van der Waals surface area contributed by atoms with Gasteiger partial charge in [-0.15, -0.1) is 10.2 Å². The van der Waals surface area contributed by atoms with E-state index in [1.165, 1.54) is 0 Å². The summed E-state index contributed by atoms with van der Waals surface area (Å²) >= 11 is 1.60. The zero-order valence-electron chi connectivity index (χ0n) is 11.6. The summed E-state index contributed by atoms with van der Waals surface area (Å²) in [5.74, 6) is 0.702. The van der Waals surface area contributed by atoms with Crippen LogP contribution in [0.3, 0.4) is 0 Å². The largest absolute Gasteiger partial charge is 0.344 e. The van der Waals surface area contributed by atoms with Crippen LogP contribution in [-0.4, -0.2) is 38.0 Å². The minimum Gasteiger partial charge on any atom is -0.344 e. The monoisotopic (exact) mass is 307 g/mol. The van der Waals surface area contributed by atoms with Crippen molar-refractivity contribution >= 4 is 27.3 Å². The standard InChI is InChI=1S/C14H17N3OS2/c1-14(2)10-17(8-9-20(14)18)13-16-15-12(19-13)11-6-4-3-5-7-11/h3-7H,8-10H2,1-2H3/t20-/m0/s1. The Bertz CT molecular complexity index is 624. The molecule has 3 rings (SSSR count). The molecule has 6 heteroatoms. The summed E-state index contributed by atoms with van der Waals surface area (Å²) in [7, 11) is -0.759. The molecule has 0 bridgehead atoms. The third-order valence-electron chi connectivity index (χ3n) is 3.44. The second-order valence-corrected chi connectivity index (χ2v) is 8.65. The summed E-state index contributed by atoms with van der Waals surface area (Å²) in [6, 6.07) is 10.1. The highest BCUT2D eigenvalue weighted by molar-refractivity contribution is 7.86. The first-order valence-electron chi connectivity index (χ1n) is 6.59. The zero-order chi connectivity index (χ0) is 14.2. The minimum absolute atomic E-state index is 0.184. The fourth-order valence-electron chi connectivity index (χ4n) is 2.28. The van der Waals surface area contributed by atoms with Crippen molar-refractivity contribution in [3.05, 3.63) is 30.3 Å². The highest BCUT2D eigenvalue weighted by Crippen LogP contribution is 2.31. The van der Waals surface area contributed by atoms with Gasteiger partial charge in [0.05, 0.1) is 4.75 Å². The van der Waals surface area contributed by atoms with Crippen LogP contribution in [0.2, 0.25) is 0 Å². The van der Waals surface area contributed by atoms with Crippen LogP contribution in [0.15, 0.2) is 30.3 Å². The van der Waals surface area contributed by atoms with Crippen molar-refractivity contribution in [2.24, 2.45) is 0 Å². The van der Waals surface area contributed by atoms with E-state index in [9.17, 15) is 4.21 Å². The normalized spacial score (nSPS) is 21.9. The second kappa shape index (κ2) is 5.26. The van der Waals surface area contributed by atoms with Gasteiger partial charge in [0.15, 0.2) is 0 Å². The van der Waals surface area contributed by atoms with Gasteiger partial charge < -0.3 is 4.90 Å². The summed E-state index contributed by atoms with van der Waals surface area (Å²) in [6.07, 6.45) is 0. The Morgan fingerprint density at radius 3 is 2.70 bits per heavy atom. The predicted octanol–water partition coefficient (Wildman–Crippen LogP) is 2.55. The Morgan fingerprint density at radius 2 is 2.00 bits per heavy atom. The van der Waals surface area contributed by atoms with E-state index in [1.54, 1.807) is 11.3 Å². The van der Waals surface area contributed by atoms with Gasteiger partial charge in [0.1, 0.15) is 5.01 Å². The number of hydrogen-bond acceptors (Lipinski definition) is 5. The van der Waals surface area contributed by atoms with Gasteiger partial charge in [0, 0.05) is 35.2 Å². The molecule has 2 aromatic rings.